The summed E-state index contributed by atoms with van der Waals surface area (Å²) in [6, 6.07) is 8.41. The molecular weight excluding hydrogens is 404 g/mol. The van der Waals surface area contributed by atoms with Crippen molar-refractivity contribution >= 4 is 22.0 Å². The lowest BCUT2D eigenvalue weighted by molar-refractivity contribution is -0.139. The average Bonchev–Trinajstić information content (AvgIpc) is 3.45. The fourth-order valence-electron chi connectivity index (χ4n) is 4.55. The van der Waals surface area contributed by atoms with E-state index in [1.165, 1.54) is 7.05 Å². The van der Waals surface area contributed by atoms with Gasteiger partial charge in [-0.25, -0.2) is 17.9 Å². The molecule has 3 unspecified atom stereocenters. The lowest BCUT2D eigenvalue weighted by Gasteiger charge is -2.47. The highest BCUT2D eigenvalue weighted by Crippen LogP contribution is 2.40. The van der Waals surface area contributed by atoms with Crippen LogP contribution in [0.4, 0.5) is 4.79 Å². The van der Waals surface area contributed by atoms with Gasteiger partial charge < -0.3 is 4.90 Å². The van der Waals surface area contributed by atoms with E-state index in [9.17, 15) is 18.0 Å². The van der Waals surface area contributed by atoms with Gasteiger partial charge >= 0.3 is 6.03 Å². The van der Waals surface area contributed by atoms with Gasteiger partial charge in [0.05, 0.1) is 22.8 Å². The molecule has 0 aromatic heterocycles. The summed E-state index contributed by atoms with van der Waals surface area (Å²) in [5.74, 6) is -0.862. The van der Waals surface area contributed by atoms with Crippen molar-refractivity contribution < 1.29 is 18.0 Å². The molecule has 0 radical (unpaired) electrons. The first-order chi connectivity index (χ1) is 14.1. The zero-order valence-corrected chi connectivity index (χ0v) is 18.0. The zero-order valence-electron chi connectivity index (χ0n) is 17.2. The smallest absolute Gasteiger partial charge is 0.316 e. The molecule has 3 aliphatic rings. The van der Waals surface area contributed by atoms with E-state index in [4.69, 9.17) is 5.26 Å². The number of benzene rings is 1. The Hall–Kier alpha value is -2.44. The van der Waals surface area contributed by atoms with Gasteiger partial charge in [-0.3, -0.25) is 9.69 Å². The van der Waals surface area contributed by atoms with E-state index >= 15 is 0 Å². The summed E-state index contributed by atoms with van der Waals surface area (Å²) >= 11 is 0. The third-order valence-corrected chi connectivity index (χ3v) is 8.67. The number of rotatable bonds is 5. The minimum Gasteiger partial charge on any atom is -0.316 e. The summed E-state index contributed by atoms with van der Waals surface area (Å²) < 4.78 is 28.5. The van der Waals surface area contributed by atoms with E-state index in [1.807, 2.05) is 13.0 Å². The number of sulfonamides is 1. The fraction of sp³-hybridized carbons (Fsp3) is 0.571. The molecular formula is C21H26N4O4S. The molecule has 2 aliphatic carbocycles. The third kappa shape index (κ3) is 3.82. The van der Waals surface area contributed by atoms with E-state index in [-0.39, 0.29) is 36.5 Å². The lowest BCUT2D eigenvalue weighted by atomic mass is 9.80. The van der Waals surface area contributed by atoms with Gasteiger partial charge in [0.2, 0.25) is 15.9 Å². The van der Waals surface area contributed by atoms with Gasteiger partial charge in [-0.2, -0.15) is 5.26 Å². The number of hydrogen-bond acceptors (Lipinski definition) is 5. The Kier molecular flexibility index (Phi) is 5.11. The molecule has 9 heteroatoms. The Morgan fingerprint density at radius 3 is 2.67 bits per heavy atom. The first-order valence-electron chi connectivity index (χ1n) is 10.2. The van der Waals surface area contributed by atoms with Crippen LogP contribution in [-0.2, 0) is 21.4 Å². The second-order valence-electron chi connectivity index (χ2n) is 8.94. The van der Waals surface area contributed by atoms with Crippen LogP contribution in [0.1, 0.15) is 50.2 Å². The van der Waals surface area contributed by atoms with Crippen LogP contribution < -0.4 is 4.72 Å². The number of fused-ring (bicyclic) bond motifs is 1. The van der Waals surface area contributed by atoms with Crippen LogP contribution in [-0.4, -0.2) is 54.0 Å². The molecule has 3 amide bonds. The highest BCUT2D eigenvalue weighted by Gasteiger charge is 2.51. The van der Waals surface area contributed by atoms with Gasteiger partial charge in [0, 0.05) is 25.2 Å². The van der Waals surface area contributed by atoms with Crippen LogP contribution in [0.25, 0.3) is 0 Å². The molecule has 1 saturated heterocycles. The molecule has 0 spiro atoms. The Labute approximate surface area is 176 Å². The molecule has 1 aromatic rings. The number of amides is 3. The van der Waals surface area contributed by atoms with E-state index in [1.54, 1.807) is 23.1 Å². The molecule has 1 aliphatic heterocycles. The maximum absolute atomic E-state index is 12.9. The summed E-state index contributed by atoms with van der Waals surface area (Å²) in [7, 11) is -2.08. The molecule has 2 saturated carbocycles. The third-order valence-electron chi connectivity index (χ3n) is 6.58. The summed E-state index contributed by atoms with van der Waals surface area (Å²) in [5.41, 5.74) is 0.964. The normalized spacial score (nSPS) is 28.1. The van der Waals surface area contributed by atoms with Crippen LogP contribution in [0.3, 0.4) is 0 Å². The molecule has 3 atom stereocenters. The SMILES string of the molecule is CN1C(=O)C2CC(S(=O)(=O)NC3(C)CC3)CCC2N(Cc2cccc(C#N)c2)C1=O. The molecule has 1 heterocycles. The minimum absolute atomic E-state index is 0.210. The summed E-state index contributed by atoms with van der Waals surface area (Å²) in [5, 5.41) is 8.49. The van der Waals surface area contributed by atoms with Crippen LogP contribution in [0, 0.1) is 17.2 Å². The highest BCUT2D eigenvalue weighted by atomic mass is 32.2. The van der Waals surface area contributed by atoms with E-state index in [2.05, 4.69) is 10.8 Å². The first-order valence-corrected chi connectivity index (χ1v) is 11.8. The topological polar surface area (TPSA) is 111 Å². The minimum atomic E-state index is -3.53. The molecule has 8 nitrogen and oxygen atoms in total. The van der Waals surface area contributed by atoms with Crippen molar-refractivity contribution in [2.75, 3.05) is 7.05 Å². The molecule has 1 N–H and O–H groups in total. The second-order valence-corrected chi connectivity index (χ2v) is 10.9. The predicted molar refractivity (Wildman–Crippen MR) is 109 cm³/mol. The fourth-order valence-corrected chi connectivity index (χ4v) is 6.52. The Balaban J connectivity index is 1.56. The van der Waals surface area contributed by atoms with Crippen LogP contribution in [0.2, 0.25) is 0 Å². The Morgan fingerprint density at radius 2 is 2.00 bits per heavy atom. The monoisotopic (exact) mass is 430 g/mol. The maximum Gasteiger partial charge on any atom is 0.327 e. The number of nitriles is 1. The van der Waals surface area contributed by atoms with Crippen LogP contribution >= 0.6 is 0 Å². The zero-order chi connectivity index (χ0) is 21.7. The number of urea groups is 1. The van der Waals surface area contributed by atoms with Gasteiger partial charge in [0.1, 0.15) is 0 Å². The Morgan fingerprint density at radius 1 is 1.27 bits per heavy atom. The van der Waals surface area contributed by atoms with E-state index < -0.39 is 21.2 Å². The van der Waals surface area contributed by atoms with Crippen molar-refractivity contribution in [1.82, 2.24) is 14.5 Å². The van der Waals surface area contributed by atoms with Crippen molar-refractivity contribution in [1.29, 1.82) is 5.26 Å². The van der Waals surface area contributed by atoms with Crippen molar-refractivity contribution in [3.8, 4) is 6.07 Å². The quantitative estimate of drug-likeness (QED) is 0.768. The molecule has 0 bridgehead atoms. The lowest BCUT2D eigenvalue weighted by Crippen LogP contribution is -2.62. The van der Waals surface area contributed by atoms with E-state index in [0.717, 1.165) is 23.3 Å². The number of nitrogens with zero attached hydrogens (tertiary/aromatic N) is 3. The van der Waals surface area contributed by atoms with Gasteiger partial charge in [-0.05, 0) is 56.7 Å². The predicted octanol–water partition coefficient (Wildman–Crippen LogP) is 1.96. The number of hydrogen-bond donors (Lipinski definition) is 1. The van der Waals surface area contributed by atoms with Gasteiger partial charge in [-0.15, -0.1) is 0 Å². The van der Waals surface area contributed by atoms with Gasteiger partial charge in [0.15, 0.2) is 0 Å². The van der Waals surface area contributed by atoms with E-state index in [0.29, 0.717) is 18.4 Å². The highest BCUT2D eigenvalue weighted by molar-refractivity contribution is 7.90. The largest absolute Gasteiger partial charge is 0.327 e. The molecule has 4 rings (SSSR count). The summed E-state index contributed by atoms with van der Waals surface area (Å²) in [6.07, 6.45) is 2.73. The number of imide groups is 1. The summed E-state index contributed by atoms with van der Waals surface area (Å²) in [6.45, 7) is 2.17. The first kappa shape index (κ1) is 20.8. The van der Waals surface area contributed by atoms with Crippen molar-refractivity contribution in [3.63, 3.8) is 0 Å². The summed E-state index contributed by atoms with van der Waals surface area (Å²) in [4.78, 5) is 28.5. The molecule has 1 aromatic carbocycles. The average molecular weight is 431 g/mol. The number of carbonyl (C=O) groups excluding carboxylic acids is 2. The number of carbonyl (C=O) groups is 2. The van der Waals surface area contributed by atoms with Crippen molar-refractivity contribution in [3.05, 3.63) is 35.4 Å². The standard InChI is InChI=1S/C21H26N4O4S/c1-21(8-9-21)23-30(28,29)16-6-7-18-17(11-16)19(26)24(2)20(27)25(18)13-15-5-3-4-14(10-15)12-22/h3-5,10,16-18,23H,6-9,11,13H2,1-2H3. The van der Waals surface area contributed by atoms with Crippen molar-refractivity contribution in [2.45, 2.75) is 62.4 Å². The van der Waals surface area contributed by atoms with Gasteiger partial charge in [0.25, 0.3) is 0 Å². The number of nitrogens with one attached hydrogen (secondary N) is 1. The maximum atomic E-state index is 12.9. The Bertz CT molecular complexity index is 1030. The molecule has 160 valence electrons. The molecule has 30 heavy (non-hydrogen) atoms. The molecule has 3 fully saturated rings. The van der Waals surface area contributed by atoms with Crippen LogP contribution in [0.15, 0.2) is 24.3 Å². The second kappa shape index (κ2) is 7.36. The van der Waals surface area contributed by atoms with Crippen LogP contribution in [0.5, 0.6) is 0 Å². The van der Waals surface area contributed by atoms with Gasteiger partial charge in [-0.1, -0.05) is 12.1 Å². The van der Waals surface area contributed by atoms with Crippen molar-refractivity contribution in [2.24, 2.45) is 5.92 Å².